The van der Waals surface area contributed by atoms with Gasteiger partial charge >= 0.3 is 6.09 Å². The Balaban J connectivity index is 1.60. The molecule has 0 aromatic carbocycles. The predicted molar refractivity (Wildman–Crippen MR) is 119 cm³/mol. The number of carbonyl (C=O) groups is 1. The monoisotopic (exact) mass is 470 g/mol. The summed E-state index contributed by atoms with van der Waals surface area (Å²) in [5.74, 6) is -0.629. The molecule has 0 aliphatic heterocycles. The number of carboxylic acid groups (broad SMARTS) is 1. The molecule has 10 nitrogen and oxygen atoms in total. The minimum absolute atomic E-state index is 0.00874. The van der Waals surface area contributed by atoms with E-state index in [1.807, 2.05) is 6.07 Å². The summed E-state index contributed by atoms with van der Waals surface area (Å²) in [6.45, 7) is 0. The lowest BCUT2D eigenvalue weighted by Crippen LogP contribution is -2.48. The van der Waals surface area contributed by atoms with Crippen LogP contribution in [0.15, 0.2) is 36.9 Å². The van der Waals surface area contributed by atoms with E-state index in [2.05, 4.69) is 31.0 Å². The lowest BCUT2D eigenvalue weighted by Gasteiger charge is -2.32. The Morgan fingerprint density at radius 1 is 1.21 bits per heavy atom. The van der Waals surface area contributed by atoms with Crippen LogP contribution in [0.1, 0.15) is 31.2 Å². The summed E-state index contributed by atoms with van der Waals surface area (Å²) in [4.78, 5) is 19.6. The summed E-state index contributed by atoms with van der Waals surface area (Å²) in [5.41, 5.74) is 1.13. The minimum Gasteiger partial charge on any atom is -0.465 e. The van der Waals surface area contributed by atoms with E-state index < -0.39 is 11.9 Å². The average Bonchev–Trinajstić information content (AvgIpc) is 3.23. The van der Waals surface area contributed by atoms with Crippen LogP contribution in [0.3, 0.4) is 0 Å². The number of nitriles is 1. The molecule has 2 atom stereocenters. The van der Waals surface area contributed by atoms with Crippen LogP contribution in [0.25, 0.3) is 5.69 Å². The largest absolute Gasteiger partial charge is 0.465 e. The number of nitrogens with zero attached hydrogens (tertiary/aromatic N) is 5. The van der Waals surface area contributed by atoms with Crippen molar-refractivity contribution in [3.05, 3.63) is 53.3 Å². The van der Waals surface area contributed by atoms with E-state index in [9.17, 15) is 14.4 Å². The van der Waals surface area contributed by atoms with Crippen molar-refractivity contribution in [2.75, 3.05) is 10.6 Å². The first-order chi connectivity index (χ1) is 15.9. The van der Waals surface area contributed by atoms with Gasteiger partial charge < -0.3 is 21.1 Å². The highest BCUT2D eigenvalue weighted by molar-refractivity contribution is 6.30. The first-order valence-corrected chi connectivity index (χ1v) is 10.6. The fraction of sp³-hybridized carbons (Fsp3) is 0.286. The number of aromatic nitrogens is 4. The molecule has 3 heterocycles. The number of nitrogens with one attached hydrogen (secondary N) is 3. The molecule has 33 heavy (non-hydrogen) atoms. The topological polar surface area (TPSA) is 141 Å². The van der Waals surface area contributed by atoms with Gasteiger partial charge in [0, 0.05) is 12.2 Å². The van der Waals surface area contributed by atoms with E-state index in [4.69, 9.17) is 16.7 Å². The standard InChI is InChI=1S/C21H20ClFN8O2/c22-13-8-26-31(11-13)15-6-14(9-25-10-15)27-19-12(7-24)5-16(23)20(30-19)28-17-3-1-2-4-18(17)29-21(32)33/h5-6,8-11,17-18,29H,1-4H2,(H,32,33)(H2,27,28,30)/t17-,18+/m1/s1. The highest BCUT2D eigenvalue weighted by Gasteiger charge is 2.28. The molecule has 4 N–H and O–H groups in total. The quantitative estimate of drug-likeness (QED) is 0.422. The Hall–Kier alpha value is -3.91. The zero-order valence-corrected chi connectivity index (χ0v) is 18.1. The highest BCUT2D eigenvalue weighted by Crippen LogP contribution is 2.27. The number of rotatable bonds is 6. The van der Waals surface area contributed by atoms with E-state index in [0.717, 1.165) is 18.9 Å². The molecule has 170 valence electrons. The van der Waals surface area contributed by atoms with Crippen molar-refractivity contribution in [1.29, 1.82) is 5.26 Å². The first kappa shape index (κ1) is 22.3. The molecule has 0 saturated heterocycles. The molecular formula is C21H20ClFN8O2. The lowest BCUT2D eigenvalue weighted by atomic mass is 9.90. The molecule has 3 aromatic rings. The fourth-order valence-electron chi connectivity index (χ4n) is 3.78. The van der Waals surface area contributed by atoms with Crippen molar-refractivity contribution < 1.29 is 14.3 Å². The number of hydrogen-bond donors (Lipinski definition) is 4. The van der Waals surface area contributed by atoms with Gasteiger partial charge in [-0.05, 0) is 25.0 Å². The fourth-order valence-corrected chi connectivity index (χ4v) is 3.92. The van der Waals surface area contributed by atoms with Crippen LogP contribution in [0.5, 0.6) is 0 Å². The van der Waals surface area contributed by atoms with Crippen LogP contribution in [-0.4, -0.2) is 43.0 Å². The van der Waals surface area contributed by atoms with E-state index >= 15 is 0 Å². The Morgan fingerprint density at radius 3 is 2.70 bits per heavy atom. The molecular weight excluding hydrogens is 451 g/mol. The van der Waals surface area contributed by atoms with Crippen molar-refractivity contribution in [3.8, 4) is 11.8 Å². The van der Waals surface area contributed by atoms with Crippen LogP contribution < -0.4 is 16.0 Å². The summed E-state index contributed by atoms with van der Waals surface area (Å²) in [5, 5.41) is 31.7. The van der Waals surface area contributed by atoms with Crippen LogP contribution in [0.2, 0.25) is 5.02 Å². The second-order valence-corrected chi connectivity index (χ2v) is 8.01. The molecule has 4 rings (SSSR count). The summed E-state index contributed by atoms with van der Waals surface area (Å²) in [6, 6.07) is 4.05. The molecule has 1 fully saturated rings. The first-order valence-electron chi connectivity index (χ1n) is 10.2. The number of amides is 1. The number of halogens is 2. The van der Waals surface area contributed by atoms with Gasteiger partial charge in [0.2, 0.25) is 0 Å². The number of hydrogen-bond acceptors (Lipinski definition) is 7. The van der Waals surface area contributed by atoms with E-state index in [-0.39, 0.29) is 29.3 Å². The molecule has 1 saturated carbocycles. The third kappa shape index (κ3) is 5.30. The van der Waals surface area contributed by atoms with Gasteiger partial charge in [-0.25, -0.2) is 18.9 Å². The van der Waals surface area contributed by atoms with Crippen molar-refractivity contribution in [2.45, 2.75) is 37.8 Å². The van der Waals surface area contributed by atoms with Gasteiger partial charge in [0.25, 0.3) is 0 Å². The Kier molecular flexibility index (Phi) is 6.55. The SMILES string of the molecule is N#Cc1cc(F)c(N[C@@H]2CCCC[C@@H]2NC(=O)O)nc1Nc1cncc(-n2cc(Cl)cn2)c1. The van der Waals surface area contributed by atoms with Crippen LogP contribution in [0.4, 0.5) is 26.5 Å². The molecule has 0 bridgehead atoms. The lowest BCUT2D eigenvalue weighted by molar-refractivity contribution is 0.184. The summed E-state index contributed by atoms with van der Waals surface area (Å²) in [7, 11) is 0. The third-order valence-electron chi connectivity index (χ3n) is 5.30. The normalized spacial score (nSPS) is 17.7. The summed E-state index contributed by atoms with van der Waals surface area (Å²) in [6.07, 6.45) is 8.16. The molecule has 0 radical (unpaired) electrons. The second-order valence-electron chi connectivity index (χ2n) is 7.58. The van der Waals surface area contributed by atoms with E-state index in [0.29, 0.717) is 29.2 Å². The van der Waals surface area contributed by atoms with Crippen molar-refractivity contribution in [3.63, 3.8) is 0 Å². The zero-order valence-electron chi connectivity index (χ0n) is 17.3. The van der Waals surface area contributed by atoms with Gasteiger partial charge in [-0.3, -0.25) is 4.98 Å². The highest BCUT2D eigenvalue weighted by atomic mass is 35.5. The van der Waals surface area contributed by atoms with Crippen LogP contribution >= 0.6 is 11.6 Å². The van der Waals surface area contributed by atoms with Gasteiger partial charge in [0.1, 0.15) is 6.07 Å². The molecule has 1 aliphatic rings. The maximum absolute atomic E-state index is 14.7. The van der Waals surface area contributed by atoms with Gasteiger partial charge in [-0.15, -0.1) is 0 Å². The zero-order chi connectivity index (χ0) is 23.4. The maximum atomic E-state index is 14.7. The molecule has 0 unspecified atom stereocenters. The van der Waals surface area contributed by atoms with Gasteiger partial charge in [-0.2, -0.15) is 10.4 Å². The Bertz CT molecular complexity index is 1210. The van der Waals surface area contributed by atoms with E-state index in [1.54, 1.807) is 18.5 Å². The van der Waals surface area contributed by atoms with Gasteiger partial charge in [0.05, 0.1) is 46.6 Å². The van der Waals surface area contributed by atoms with Crippen molar-refractivity contribution >= 4 is 35.0 Å². The molecule has 0 spiro atoms. The average molecular weight is 471 g/mol. The summed E-state index contributed by atoms with van der Waals surface area (Å²) >= 11 is 5.92. The molecule has 12 heteroatoms. The third-order valence-corrected chi connectivity index (χ3v) is 5.49. The van der Waals surface area contributed by atoms with Crippen molar-refractivity contribution in [1.82, 2.24) is 25.1 Å². The second kappa shape index (κ2) is 9.70. The van der Waals surface area contributed by atoms with E-state index in [1.165, 1.54) is 17.1 Å². The molecule has 1 aliphatic carbocycles. The van der Waals surface area contributed by atoms with Crippen LogP contribution in [-0.2, 0) is 0 Å². The number of anilines is 3. The minimum atomic E-state index is -1.13. The summed E-state index contributed by atoms with van der Waals surface area (Å²) < 4.78 is 16.2. The van der Waals surface area contributed by atoms with Crippen LogP contribution in [0, 0.1) is 17.1 Å². The predicted octanol–water partition coefficient (Wildman–Crippen LogP) is 4.06. The Labute approximate surface area is 193 Å². The van der Waals surface area contributed by atoms with Gasteiger partial charge in [0.15, 0.2) is 17.5 Å². The van der Waals surface area contributed by atoms with Crippen molar-refractivity contribution in [2.24, 2.45) is 0 Å². The molecule has 1 amide bonds. The van der Waals surface area contributed by atoms with Gasteiger partial charge in [-0.1, -0.05) is 24.4 Å². The maximum Gasteiger partial charge on any atom is 0.404 e. The number of pyridine rings is 2. The Morgan fingerprint density at radius 2 is 2.00 bits per heavy atom. The molecule has 3 aromatic heterocycles. The smallest absolute Gasteiger partial charge is 0.404 e.